The van der Waals surface area contributed by atoms with Crippen molar-refractivity contribution in [2.24, 2.45) is 34.5 Å². The smallest absolute Gasteiger partial charge is 0.334 e. The molecule has 5 nitrogen and oxygen atoms in total. The highest BCUT2D eigenvalue weighted by molar-refractivity contribution is 5.95. The molecule has 2 saturated carbocycles. The zero-order valence-electron chi connectivity index (χ0n) is 19.0. The van der Waals surface area contributed by atoms with Gasteiger partial charge in [0.05, 0.1) is 5.41 Å². The van der Waals surface area contributed by atoms with E-state index in [1.165, 1.54) is 0 Å². The van der Waals surface area contributed by atoms with Gasteiger partial charge in [0.25, 0.3) is 0 Å². The number of esters is 1. The van der Waals surface area contributed by atoms with Crippen molar-refractivity contribution < 1.29 is 24.5 Å². The molecule has 2 bridgehead atoms. The van der Waals surface area contributed by atoms with E-state index in [2.05, 4.69) is 13.8 Å². The first kappa shape index (κ1) is 21.5. The third kappa shape index (κ3) is 2.36. The second-order valence-corrected chi connectivity index (χ2v) is 10.6. The third-order valence-electron chi connectivity index (χ3n) is 8.82. The average molecular weight is 415 g/mol. The minimum Gasteiger partial charge on any atom is -0.451 e. The molecular weight excluding hydrogens is 380 g/mol. The van der Waals surface area contributed by atoms with Gasteiger partial charge in [0, 0.05) is 11.5 Å². The number of aliphatic hydroxyl groups is 2. The molecule has 0 unspecified atom stereocenters. The van der Waals surface area contributed by atoms with Gasteiger partial charge in [-0.1, -0.05) is 39.0 Å². The maximum absolute atomic E-state index is 14.1. The van der Waals surface area contributed by atoms with E-state index in [9.17, 15) is 19.8 Å². The number of carbonyl (C=O) groups excluding carboxylic acids is 2. The first-order valence-corrected chi connectivity index (χ1v) is 11.0. The highest BCUT2D eigenvalue weighted by Gasteiger charge is 2.76. The number of fused-ring (bicyclic) bond motifs is 3. The molecule has 164 valence electrons. The molecule has 30 heavy (non-hydrogen) atoms. The molecule has 1 spiro atoms. The zero-order chi connectivity index (χ0) is 22.4. The largest absolute Gasteiger partial charge is 0.451 e. The van der Waals surface area contributed by atoms with Crippen LogP contribution < -0.4 is 0 Å². The van der Waals surface area contributed by atoms with Crippen LogP contribution in [0.2, 0.25) is 0 Å². The topological polar surface area (TPSA) is 83.8 Å². The summed E-state index contributed by atoms with van der Waals surface area (Å²) >= 11 is 0. The lowest BCUT2D eigenvalue weighted by Gasteiger charge is -2.49. The second-order valence-electron chi connectivity index (χ2n) is 10.6. The average Bonchev–Trinajstić information content (AvgIpc) is 3.19. The first-order valence-electron chi connectivity index (χ1n) is 11.0. The molecule has 5 heteroatoms. The predicted octanol–water partition coefficient (Wildman–Crippen LogP) is 3.36. The number of ketones is 1. The Morgan fingerprint density at radius 1 is 1.27 bits per heavy atom. The Hall–Kier alpha value is -1.72. The minimum atomic E-state index is -1.92. The van der Waals surface area contributed by atoms with Gasteiger partial charge in [-0.15, -0.1) is 0 Å². The minimum absolute atomic E-state index is 0.0490. The van der Waals surface area contributed by atoms with E-state index in [-0.39, 0.29) is 29.0 Å². The van der Waals surface area contributed by atoms with E-state index >= 15 is 0 Å². The standard InChI is InChI=1S/C25H34O5/c1-8-12(2)22(28)30-21-13(3)9-16-18-17(23(18,6)7)10-15(5)24(20(16)27)11-14(4)19(26)25(21,24)29/h8-9,11,15-19,21,26,29H,10H2,1-7H3/b12-8-/t15-,16-,17-,18+,19+,21-,24+,25-/m1/s1. The maximum Gasteiger partial charge on any atom is 0.334 e. The molecule has 0 saturated heterocycles. The summed E-state index contributed by atoms with van der Waals surface area (Å²) in [4.78, 5) is 26.8. The predicted molar refractivity (Wildman–Crippen MR) is 113 cm³/mol. The van der Waals surface area contributed by atoms with E-state index in [1.54, 1.807) is 39.8 Å². The summed E-state index contributed by atoms with van der Waals surface area (Å²) < 4.78 is 5.84. The first-order chi connectivity index (χ1) is 13.9. The van der Waals surface area contributed by atoms with Gasteiger partial charge in [0.1, 0.15) is 6.10 Å². The number of hydrogen-bond donors (Lipinski definition) is 2. The van der Waals surface area contributed by atoms with Crippen molar-refractivity contribution in [2.75, 3.05) is 0 Å². The van der Waals surface area contributed by atoms with Gasteiger partial charge < -0.3 is 14.9 Å². The van der Waals surface area contributed by atoms with E-state index < -0.39 is 29.2 Å². The van der Waals surface area contributed by atoms with Crippen molar-refractivity contribution in [3.05, 3.63) is 34.9 Å². The number of aliphatic hydroxyl groups excluding tert-OH is 1. The lowest BCUT2D eigenvalue weighted by atomic mass is 9.59. The van der Waals surface area contributed by atoms with Crippen molar-refractivity contribution in [1.82, 2.24) is 0 Å². The normalized spacial score (nSPS) is 46.7. The van der Waals surface area contributed by atoms with Gasteiger partial charge >= 0.3 is 5.97 Å². The number of rotatable bonds is 2. The highest BCUT2D eigenvalue weighted by Crippen LogP contribution is 2.71. The monoisotopic (exact) mass is 414 g/mol. The molecule has 4 aliphatic carbocycles. The van der Waals surface area contributed by atoms with Crippen molar-refractivity contribution in [3.8, 4) is 0 Å². The van der Waals surface area contributed by atoms with Crippen LogP contribution in [0.25, 0.3) is 0 Å². The fraction of sp³-hybridized carbons (Fsp3) is 0.680. The number of carbonyl (C=O) groups is 2. The molecule has 0 aromatic heterocycles. The van der Waals surface area contributed by atoms with Crippen LogP contribution >= 0.6 is 0 Å². The Morgan fingerprint density at radius 3 is 2.50 bits per heavy atom. The van der Waals surface area contributed by atoms with Crippen LogP contribution in [0.15, 0.2) is 34.9 Å². The Balaban J connectivity index is 1.94. The Morgan fingerprint density at radius 2 is 1.90 bits per heavy atom. The summed E-state index contributed by atoms with van der Waals surface area (Å²) in [6, 6.07) is 0. The molecular formula is C25H34O5. The van der Waals surface area contributed by atoms with Crippen LogP contribution in [0, 0.1) is 34.5 Å². The number of ether oxygens (including phenoxy) is 1. The summed E-state index contributed by atoms with van der Waals surface area (Å²) in [7, 11) is 0. The van der Waals surface area contributed by atoms with Crippen LogP contribution in [0.4, 0.5) is 0 Å². The molecule has 0 heterocycles. The van der Waals surface area contributed by atoms with Crippen LogP contribution in [-0.4, -0.2) is 39.8 Å². The van der Waals surface area contributed by atoms with Gasteiger partial charge in [-0.05, 0) is 68.4 Å². The van der Waals surface area contributed by atoms with E-state index in [0.29, 0.717) is 22.6 Å². The quantitative estimate of drug-likeness (QED) is 0.411. The lowest BCUT2D eigenvalue weighted by molar-refractivity contribution is -0.201. The third-order valence-corrected chi connectivity index (χ3v) is 8.82. The van der Waals surface area contributed by atoms with Gasteiger partial charge in [0.15, 0.2) is 17.5 Å². The van der Waals surface area contributed by atoms with Gasteiger partial charge in [-0.25, -0.2) is 4.79 Å². The van der Waals surface area contributed by atoms with Gasteiger partial charge in [-0.2, -0.15) is 0 Å². The fourth-order valence-electron chi connectivity index (χ4n) is 6.89. The van der Waals surface area contributed by atoms with Crippen molar-refractivity contribution in [3.63, 3.8) is 0 Å². The lowest BCUT2D eigenvalue weighted by Crippen LogP contribution is -2.65. The molecule has 0 aromatic carbocycles. The Bertz CT molecular complexity index is 908. The van der Waals surface area contributed by atoms with E-state index in [4.69, 9.17) is 4.74 Å². The van der Waals surface area contributed by atoms with Crippen LogP contribution in [0.3, 0.4) is 0 Å². The van der Waals surface area contributed by atoms with Crippen molar-refractivity contribution in [1.29, 1.82) is 0 Å². The van der Waals surface area contributed by atoms with Crippen molar-refractivity contribution >= 4 is 11.8 Å². The van der Waals surface area contributed by atoms with Crippen LogP contribution in [0.5, 0.6) is 0 Å². The molecule has 4 aliphatic rings. The molecule has 0 aliphatic heterocycles. The zero-order valence-corrected chi connectivity index (χ0v) is 19.0. The van der Waals surface area contributed by atoms with Crippen LogP contribution in [-0.2, 0) is 14.3 Å². The number of Topliss-reactive ketones (excluding diaryl/α,β-unsaturated/α-hetero) is 1. The number of allylic oxidation sites excluding steroid dienone is 2. The molecule has 2 fully saturated rings. The summed E-state index contributed by atoms with van der Waals surface area (Å²) in [6.45, 7) is 13.4. The van der Waals surface area contributed by atoms with Gasteiger partial charge in [-0.3, -0.25) is 4.79 Å². The van der Waals surface area contributed by atoms with Crippen molar-refractivity contribution in [2.45, 2.75) is 72.7 Å². The highest BCUT2D eigenvalue weighted by atomic mass is 16.6. The molecule has 0 aromatic rings. The summed E-state index contributed by atoms with van der Waals surface area (Å²) in [6.07, 6.45) is 3.76. The summed E-state index contributed by atoms with van der Waals surface area (Å²) in [5.41, 5.74) is -1.54. The van der Waals surface area contributed by atoms with Gasteiger partial charge in [0.2, 0.25) is 0 Å². The van der Waals surface area contributed by atoms with Crippen LogP contribution in [0.1, 0.15) is 54.9 Å². The molecule has 8 atom stereocenters. The molecule has 4 rings (SSSR count). The van der Waals surface area contributed by atoms with E-state index in [0.717, 1.165) is 6.42 Å². The summed E-state index contributed by atoms with van der Waals surface area (Å²) in [5.74, 6) is -0.553. The SMILES string of the molecule is C/C=C(/C)C(=O)O[C@@H]1C(C)=C[C@H]2C(=O)[C@]3(C=C(C)[C@H](O)[C@@]13O)[C@H](C)C[C@@H]1[C@H]2C1(C)C. The summed E-state index contributed by atoms with van der Waals surface area (Å²) in [5, 5.41) is 23.4. The fourth-order valence-corrected chi connectivity index (χ4v) is 6.89. The second kappa shape index (κ2) is 6.39. The molecule has 0 radical (unpaired) electrons. The molecule has 0 amide bonds. The maximum atomic E-state index is 14.1. The molecule has 2 N–H and O–H groups in total. The Kier molecular flexibility index (Phi) is 4.58. The van der Waals surface area contributed by atoms with E-state index in [1.807, 2.05) is 13.0 Å². The Labute approximate surface area is 178 Å². The number of hydrogen-bond acceptors (Lipinski definition) is 5.